The fourth-order valence-electron chi connectivity index (χ4n) is 3.05. The lowest BCUT2D eigenvalue weighted by Gasteiger charge is -2.14. The molecule has 0 radical (unpaired) electrons. The van der Waals surface area contributed by atoms with Crippen LogP contribution < -0.4 is 10.2 Å². The van der Waals surface area contributed by atoms with Gasteiger partial charge in [0, 0.05) is 28.4 Å². The van der Waals surface area contributed by atoms with Crippen molar-refractivity contribution in [3.63, 3.8) is 0 Å². The fourth-order valence-corrected chi connectivity index (χ4v) is 4.08. The summed E-state index contributed by atoms with van der Waals surface area (Å²) in [6.45, 7) is 2.44. The molecule has 29 heavy (non-hydrogen) atoms. The molecule has 1 aliphatic heterocycles. The number of amides is 2. The zero-order chi connectivity index (χ0) is 20.4. The van der Waals surface area contributed by atoms with Crippen LogP contribution in [0.3, 0.4) is 0 Å². The van der Waals surface area contributed by atoms with E-state index >= 15 is 0 Å². The molecule has 3 aromatic rings. The highest BCUT2D eigenvalue weighted by molar-refractivity contribution is 7.15. The number of cyclic esters (lactones) is 1. The van der Waals surface area contributed by atoms with Gasteiger partial charge in [0.15, 0.2) is 0 Å². The minimum atomic E-state index is -0.557. The molecule has 10 heteroatoms. The molecule has 1 fully saturated rings. The second kappa shape index (κ2) is 8.00. The van der Waals surface area contributed by atoms with Gasteiger partial charge in [-0.3, -0.25) is 9.69 Å². The lowest BCUT2D eigenvalue weighted by atomic mass is 10.1. The third kappa shape index (κ3) is 4.27. The summed E-state index contributed by atoms with van der Waals surface area (Å²) in [4.78, 5) is 26.3. The minimum absolute atomic E-state index is 0.200. The first-order valence-corrected chi connectivity index (χ1v) is 9.76. The Hall–Kier alpha value is -3.27. The SMILES string of the molecule is CC(=O)NCC1CN(c2ccc(-c3ccc(Cn4ccnn4)s3)c(F)c2)C(=O)O1. The highest BCUT2D eigenvalue weighted by atomic mass is 32.1. The number of nitrogens with one attached hydrogen (secondary N) is 1. The number of carbonyl (C=O) groups is 2. The number of nitrogens with zero attached hydrogens (tertiary/aromatic N) is 4. The second-order valence-electron chi connectivity index (χ2n) is 6.58. The van der Waals surface area contributed by atoms with Gasteiger partial charge in [0.25, 0.3) is 0 Å². The molecule has 1 N–H and O–H groups in total. The highest BCUT2D eigenvalue weighted by Gasteiger charge is 2.32. The monoisotopic (exact) mass is 415 g/mol. The van der Waals surface area contributed by atoms with Gasteiger partial charge < -0.3 is 10.1 Å². The summed E-state index contributed by atoms with van der Waals surface area (Å²) in [5, 5.41) is 10.3. The second-order valence-corrected chi connectivity index (χ2v) is 7.75. The number of halogens is 1. The number of anilines is 1. The van der Waals surface area contributed by atoms with Crippen LogP contribution in [0.15, 0.2) is 42.7 Å². The van der Waals surface area contributed by atoms with Crippen LogP contribution in [0, 0.1) is 5.82 Å². The standard InChI is InChI=1S/C19H18FN5O3S/c1-12(26)21-9-14-10-25(19(27)28-14)13-2-4-16(17(20)8-13)18-5-3-15(29-18)11-24-7-6-22-23-24/h2-8,14H,9-11H2,1H3,(H,21,26). The molecule has 0 saturated carbocycles. The van der Waals surface area contributed by atoms with E-state index in [-0.39, 0.29) is 19.0 Å². The van der Waals surface area contributed by atoms with Crippen molar-refractivity contribution in [2.75, 3.05) is 18.0 Å². The maximum absolute atomic E-state index is 14.8. The number of aromatic nitrogens is 3. The van der Waals surface area contributed by atoms with Crippen molar-refractivity contribution in [2.45, 2.75) is 19.6 Å². The molecule has 2 amide bonds. The van der Waals surface area contributed by atoms with Crippen LogP contribution in [0.1, 0.15) is 11.8 Å². The van der Waals surface area contributed by atoms with Crippen LogP contribution in [-0.2, 0) is 16.1 Å². The summed E-state index contributed by atoms with van der Waals surface area (Å²) < 4.78 is 21.7. The third-order valence-corrected chi connectivity index (χ3v) is 5.54. The van der Waals surface area contributed by atoms with Crippen molar-refractivity contribution in [3.05, 3.63) is 53.4 Å². The van der Waals surface area contributed by atoms with E-state index in [0.717, 1.165) is 9.75 Å². The summed E-state index contributed by atoms with van der Waals surface area (Å²) in [5.74, 6) is -0.621. The first kappa shape index (κ1) is 19.1. The minimum Gasteiger partial charge on any atom is -0.442 e. The van der Waals surface area contributed by atoms with Crippen LogP contribution in [0.2, 0.25) is 0 Å². The summed E-state index contributed by atoms with van der Waals surface area (Å²) >= 11 is 1.47. The first-order valence-electron chi connectivity index (χ1n) is 8.95. The van der Waals surface area contributed by atoms with Crippen LogP contribution in [0.4, 0.5) is 14.9 Å². The Balaban J connectivity index is 1.48. The molecule has 0 aliphatic carbocycles. The molecule has 1 aromatic carbocycles. The van der Waals surface area contributed by atoms with Gasteiger partial charge >= 0.3 is 6.09 Å². The largest absolute Gasteiger partial charge is 0.442 e. The first-order chi connectivity index (χ1) is 14.0. The third-order valence-electron chi connectivity index (χ3n) is 4.43. The van der Waals surface area contributed by atoms with Crippen molar-refractivity contribution in [2.24, 2.45) is 0 Å². The van der Waals surface area contributed by atoms with Gasteiger partial charge in [0.1, 0.15) is 11.9 Å². The lowest BCUT2D eigenvalue weighted by Crippen LogP contribution is -2.33. The number of ether oxygens (including phenoxy) is 1. The Morgan fingerprint density at radius 2 is 2.24 bits per heavy atom. The van der Waals surface area contributed by atoms with Crippen molar-refractivity contribution in [1.82, 2.24) is 20.3 Å². The average molecular weight is 415 g/mol. The average Bonchev–Trinajstić information content (AvgIpc) is 3.42. The number of hydrogen-bond acceptors (Lipinski definition) is 6. The van der Waals surface area contributed by atoms with E-state index in [1.807, 2.05) is 12.1 Å². The summed E-state index contributed by atoms with van der Waals surface area (Å²) in [6, 6.07) is 8.47. The van der Waals surface area contributed by atoms with Gasteiger partial charge in [0.05, 0.1) is 31.5 Å². The van der Waals surface area contributed by atoms with Gasteiger partial charge in [-0.05, 0) is 30.3 Å². The Kier molecular flexibility index (Phi) is 5.26. The highest BCUT2D eigenvalue weighted by Crippen LogP contribution is 2.33. The van der Waals surface area contributed by atoms with Crippen molar-refractivity contribution in [1.29, 1.82) is 0 Å². The zero-order valence-electron chi connectivity index (χ0n) is 15.5. The molecule has 0 bridgehead atoms. The molecular weight excluding hydrogens is 397 g/mol. The van der Waals surface area contributed by atoms with E-state index < -0.39 is 18.0 Å². The molecule has 3 heterocycles. The molecule has 1 saturated heterocycles. The summed E-state index contributed by atoms with van der Waals surface area (Å²) in [6.07, 6.45) is 2.35. The van der Waals surface area contributed by atoms with Gasteiger partial charge in [0.2, 0.25) is 5.91 Å². The number of carbonyl (C=O) groups excluding carboxylic acids is 2. The molecule has 1 unspecified atom stereocenters. The van der Waals surface area contributed by atoms with Gasteiger partial charge in [-0.15, -0.1) is 16.4 Å². The lowest BCUT2D eigenvalue weighted by molar-refractivity contribution is -0.119. The smallest absolute Gasteiger partial charge is 0.414 e. The Bertz CT molecular complexity index is 1040. The normalized spacial score (nSPS) is 16.1. The van der Waals surface area contributed by atoms with Crippen LogP contribution in [0.25, 0.3) is 10.4 Å². The molecular formula is C19H18FN5O3S. The Morgan fingerprint density at radius 3 is 2.97 bits per heavy atom. The Labute approximate surface area is 169 Å². The number of benzene rings is 1. The maximum Gasteiger partial charge on any atom is 0.414 e. The molecule has 1 aliphatic rings. The number of thiophene rings is 1. The van der Waals surface area contributed by atoms with Crippen molar-refractivity contribution >= 4 is 29.0 Å². The van der Waals surface area contributed by atoms with Crippen LogP contribution >= 0.6 is 11.3 Å². The molecule has 2 aromatic heterocycles. The van der Waals surface area contributed by atoms with Crippen LogP contribution in [0.5, 0.6) is 0 Å². The quantitative estimate of drug-likeness (QED) is 0.669. The van der Waals surface area contributed by atoms with Gasteiger partial charge in [-0.1, -0.05) is 5.21 Å². The van der Waals surface area contributed by atoms with Gasteiger partial charge in [-0.25, -0.2) is 13.9 Å². The zero-order valence-corrected chi connectivity index (χ0v) is 16.4. The van der Waals surface area contributed by atoms with Gasteiger partial charge in [-0.2, -0.15) is 0 Å². The number of hydrogen-bond donors (Lipinski definition) is 1. The molecule has 1 atom stereocenters. The van der Waals surface area contributed by atoms with E-state index in [9.17, 15) is 14.0 Å². The summed E-state index contributed by atoms with van der Waals surface area (Å²) in [7, 11) is 0. The van der Waals surface area contributed by atoms with E-state index in [0.29, 0.717) is 17.8 Å². The number of rotatable bonds is 6. The molecule has 150 valence electrons. The van der Waals surface area contributed by atoms with E-state index in [2.05, 4.69) is 15.6 Å². The predicted molar refractivity (Wildman–Crippen MR) is 105 cm³/mol. The molecule has 8 nitrogen and oxygen atoms in total. The topological polar surface area (TPSA) is 89.4 Å². The Morgan fingerprint density at radius 1 is 1.38 bits per heavy atom. The maximum atomic E-state index is 14.8. The molecule has 0 spiro atoms. The van der Waals surface area contributed by atoms with E-state index in [1.54, 1.807) is 29.2 Å². The molecule has 4 rings (SSSR count). The van der Waals surface area contributed by atoms with E-state index in [4.69, 9.17) is 4.74 Å². The van der Waals surface area contributed by atoms with Crippen molar-refractivity contribution in [3.8, 4) is 10.4 Å². The van der Waals surface area contributed by atoms with E-state index in [1.165, 1.54) is 29.2 Å². The van der Waals surface area contributed by atoms with Crippen LogP contribution in [-0.4, -0.2) is 46.2 Å². The fraction of sp³-hybridized carbons (Fsp3) is 0.263. The summed E-state index contributed by atoms with van der Waals surface area (Å²) in [5.41, 5.74) is 0.881. The predicted octanol–water partition coefficient (Wildman–Crippen LogP) is 2.66. The van der Waals surface area contributed by atoms with Crippen molar-refractivity contribution < 1.29 is 18.7 Å².